The van der Waals surface area contributed by atoms with Gasteiger partial charge in [-0.25, -0.2) is 13.2 Å². The smallest absolute Gasteiger partial charge is 0.338 e. The molecule has 0 aliphatic heterocycles. The van der Waals surface area contributed by atoms with Gasteiger partial charge in [-0.1, -0.05) is 17.7 Å². The number of sulfonamides is 1. The zero-order valence-electron chi connectivity index (χ0n) is 13.6. The number of nitro groups is 1. The van der Waals surface area contributed by atoms with Crippen molar-refractivity contribution >= 4 is 27.4 Å². The molecule has 2 aromatic rings. The van der Waals surface area contributed by atoms with E-state index in [1.165, 1.54) is 18.2 Å². The van der Waals surface area contributed by atoms with Crippen molar-refractivity contribution in [3.63, 3.8) is 0 Å². The summed E-state index contributed by atoms with van der Waals surface area (Å²) in [7, 11) is -4.00. The minimum atomic E-state index is -4.00. The van der Waals surface area contributed by atoms with Crippen LogP contribution in [0.15, 0.2) is 47.4 Å². The second kappa shape index (κ2) is 7.31. The van der Waals surface area contributed by atoms with Crippen LogP contribution >= 0.6 is 0 Å². The third-order valence-electron chi connectivity index (χ3n) is 3.28. The molecule has 0 aromatic heterocycles. The predicted molar refractivity (Wildman–Crippen MR) is 91.0 cm³/mol. The normalized spacial score (nSPS) is 11.0. The molecule has 0 aliphatic rings. The molecule has 0 saturated carbocycles. The topological polar surface area (TPSA) is 116 Å². The summed E-state index contributed by atoms with van der Waals surface area (Å²) < 4.78 is 31.7. The fraction of sp³-hybridized carbons (Fsp3) is 0.188. The van der Waals surface area contributed by atoms with Gasteiger partial charge in [0.1, 0.15) is 5.69 Å². The van der Waals surface area contributed by atoms with Gasteiger partial charge in [-0.15, -0.1) is 0 Å². The number of nitrogens with zero attached hydrogens (tertiary/aromatic N) is 1. The molecular formula is C16H16N2O6S. The Morgan fingerprint density at radius 3 is 2.40 bits per heavy atom. The van der Waals surface area contributed by atoms with Gasteiger partial charge < -0.3 is 4.74 Å². The highest BCUT2D eigenvalue weighted by molar-refractivity contribution is 7.92. The van der Waals surface area contributed by atoms with Gasteiger partial charge in [0.05, 0.1) is 22.0 Å². The number of nitro benzene ring substituents is 1. The molecule has 8 nitrogen and oxygen atoms in total. The van der Waals surface area contributed by atoms with E-state index in [4.69, 9.17) is 4.74 Å². The zero-order chi connectivity index (χ0) is 18.6. The maximum atomic E-state index is 12.4. The van der Waals surface area contributed by atoms with Crippen molar-refractivity contribution in [2.24, 2.45) is 0 Å². The van der Waals surface area contributed by atoms with Gasteiger partial charge in [0.15, 0.2) is 0 Å². The van der Waals surface area contributed by atoms with Crippen LogP contribution in [-0.2, 0) is 14.8 Å². The fourth-order valence-corrected chi connectivity index (χ4v) is 3.11. The summed E-state index contributed by atoms with van der Waals surface area (Å²) in [6, 6.07) is 9.44. The molecule has 0 heterocycles. The molecule has 25 heavy (non-hydrogen) atoms. The molecule has 0 radical (unpaired) electrons. The van der Waals surface area contributed by atoms with E-state index in [0.717, 1.165) is 17.7 Å². The van der Waals surface area contributed by atoms with Crippen molar-refractivity contribution in [2.45, 2.75) is 18.7 Å². The van der Waals surface area contributed by atoms with Crippen molar-refractivity contribution in [1.82, 2.24) is 0 Å². The van der Waals surface area contributed by atoms with Crippen molar-refractivity contribution in [3.05, 3.63) is 63.7 Å². The van der Waals surface area contributed by atoms with E-state index < -0.39 is 26.6 Å². The Morgan fingerprint density at radius 1 is 1.20 bits per heavy atom. The molecule has 2 rings (SSSR count). The van der Waals surface area contributed by atoms with Gasteiger partial charge in [0.2, 0.25) is 0 Å². The Balaban J connectivity index is 2.40. The highest BCUT2D eigenvalue weighted by atomic mass is 32.2. The van der Waals surface area contributed by atoms with E-state index in [0.29, 0.717) is 0 Å². The van der Waals surface area contributed by atoms with E-state index in [1.807, 2.05) is 6.92 Å². The number of anilines is 1. The Labute approximate surface area is 144 Å². The number of esters is 1. The van der Waals surface area contributed by atoms with Crippen molar-refractivity contribution in [2.75, 3.05) is 11.3 Å². The third-order valence-corrected chi connectivity index (χ3v) is 4.66. The highest BCUT2D eigenvalue weighted by Gasteiger charge is 2.23. The maximum Gasteiger partial charge on any atom is 0.338 e. The first-order chi connectivity index (χ1) is 11.7. The third kappa shape index (κ3) is 4.32. The van der Waals surface area contributed by atoms with Crippen LogP contribution in [0.25, 0.3) is 0 Å². The van der Waals surface area contributed by atoms with Crippen LogP contribution in [0.4, 0.5) is 11.4 Å². The number of hydrogen-bond acceptors (Lipinski definition) is 6. The van der Waals surface area contributed by atoms with Crippen LogP contribution in [-0.4, -0.2) is 25.9 Å². The summed E-state index contributed by atoms with van der Waals surface area (Å²) in [5.41, 5.74) is 0.0652. The lowest BCUT2D eigenvalue weighted by Gasteiger charge is -2.10. The average Bonchev–Trinajstić information content (AvgIpc) is 2.55. The van der Waals surface area contributed by atoms with Gasteiger partial charge in [0, 0.05) is 6.07 Å². The number of nitrogens with one attached hydrogen (secondary N) is 1. The number of benzene rings is 2. The zero-order valence-corrected chi connectivity index (χ0v) is 14.4. The molecule has 0 bridgehead atoms. The summed E-state index contributed by atoms with van der Waals surface area (Å²) in [4.78, 5) is 22.1. The van der Waals surface area contributed by atoms with E-state index in [1.54, 1.807) is 19.1 Å². The van der Waals surface area contributed by atoms with Gasteiger partial charge in [0.25, 0.3) is 15.7 Å². The van der Waals surface area contributed by atoms with Crippen LogP contribution in [0.5, 0.6) is 0 Å². The lowest BCUT2D eigenvalue weighted by Crippen LogP contribution is -2.14. The summed E-state index contributed by atoms with van der Waals surface area (Å²) >= 11 is 0. The summed E-state index contributed by atoms with van der Waals surface area (Å²) in [6.45, 7) is 3.54. The highest BCUT2D eigenvalue weighted by Crippen LogP contribution is 2.28. The Morgan fingerprint density at radius 2 is 1.84 bits per heavy atom. The minimum Gasteiger partial charge on any atom is -0.462 e. The summed E-state index contributed by atoms with van der Waals surface area (Å²) in [6.07, 6.45) is 0. The molecule has 0 atom stereocenters. The second-order valence-electron chi connectivity index (χ2n) is 5.13. The van der Waals surface area contributed by atoms with Crippen molar-refractivity contribution < 1.29 is 22.9 Å². The molecule has 9 heteroatoms. The van der Waals surface area contributed by atoms with E-state index in [2.05, 4.69) is 4.72 Å². The number of aryl methyl sites for hydroxylation is 1. The Hall–Kier alpha value is -2.94. The number of rotatable bonds is 6. The quantitative estimate of drug-likeness (QED) is 0.479. The number of carbonyl (C=O) groups is 1. The first-order valence-corrected chi connectivity index (χ1v) is 8.78. The van der Waals surface area contributed by atoms with Gasteiger partial charge >= 0.3 is 5.97 Å². The van der Waals surface area contributed by atoms with Crippen LogP contribution in [0.2, 0.25) is 0 Å². The molecule has 132 valence electrons. The summed E-state index contributed by atoms with van der Waals surface area (Å²) in [5.74, 6) is -0.724. The lowest BCUT2D eigenvalue weighted by atomic mass is 10.2. The molecule has 0 unspecified atom stereocenters. The monoisotopic (exact) mass is 364 g/mol. The molecule has 0 spiro atoms. The predicted octanol–water partition coefficient (Wildman–Crippen LogP) is 2.88. The maximum absolute atomic E-state index is 12.4. The van der Waals surface area contributed by atoms with Crippen LogP contribution in [0, 0.1) is 17.0 Å². The average molecular weight is 364 g/mol. The number of hydrogen-bond donors (Lipinski definition) is 1. The Bertz CT molecular complexity index is 907. The van der Waals surface area contributed by atoms with Crippen LogP contribution in [0.1, 0.15) is 22.8 Å². The molecular weight excluding hydrogens is 348 g/mol. The van der Waals surface area contributed by atoms with E-state index >= 15 is 0 Å². The van der Waals surface area contributed by atoms with Gasteiger partial charge in [-0.05, 0) is 38.1 Å². The standard InChI is InChI=1S/C16H16N2O6S/c1-3-24-16(19)12-6-9-14(15(10-12)18(20)21)17-25(22,23)13-7-4-11(2)5-8-13/h4-10,17H,3H2,1-2H3. The molecule has 1 N–H and O–H groups in total. The van der Waals surface area contributed by atoms with Crippen molar-refractivity contribution in [3.8, 4) is 0 Å². The summed E-state index contributed by atoms with van der Waals surface area (Å²) in [5, 5.41) is 11.2. The SMILES string of the molecule is CCOC(=O)c1ccc(NS(=O)(=O)c2ccc(C)cc2)c([N+](=O)[O-])c1. The Kier molecular flexibility index (Phi) is 5.38. The van der Waals surface area contributed by atoms with Crippen LogP contribution in [0.3, 0.4) is 0 Å². The number of ether oxygens (including phenoxy) is 1. The van der Waals surface area contributed by atoms with Crippen LogP contribution < -0.4 is 4.72 Å². The van der Waals surface area contributed by atoms with Gasteiger partial charge in [-0.3, -0.25) is 14.8 Å². The fourth-order valence-electron chi connectivity index (χ4n) is 2.03. The molecule has 0 saturated heterocycles. The molecule has 0 amide bonds. The first kappa shape index (κ1) is 18.4. The second-order valence-corrected chi connectivity index (χ2v) is 6.81. The first-order valence-electron chi connectivity index (χ1n) is 7.29. The largest absolute Gasteiger partial charge is 0.462 e. The minimum absolute atomic E-state index is 0.0260. The molecule has 0 fully saturated rings. The number of carbonyl (C=O) groups excluding carboxylic acids is 1. The molecule has 2 aromatic carbocycles. The van der Waals surface area contributed by atoms with E-state index in [-0.39, 0.29) is 22.8 Å². The lowest BCUT2D eigenvalue weighted by molar-refractivity contribution is -0.383. The van der Waals surface area contributed by atoms with Crippen molar-refractivity contribution in [1.29, 1.82) is 0 Å². The molecule has 0 aliphatic carbocycles. The van der Waals surface area contributed by atoms with Gasteiger partial charge in [-0.2, -0.15) is 0 Å². The van der Waals surface area contributed by atoms with E-state index in [9.17, 15) is 23.3 Å².